The number of hydrogen-bond acceptors (Lipinski definition) is 4. The van der Waals surface area contributed by atoms with Gasteiger partial charge in [-0.3, -0.25) is 4.79 Å². The predicted molar refractivity (Wildman–Crippen MR) is 121 cm³/mol. The zero-order chi connectivity index (χ0) is 20.1. The summed E-state index contributed by atoms with van der Waals surface area (Å²) in [6.07, 6.45) is 4.08. The summed E-state index contributed by atoms with van der Waals surface area (Å²) in [6.45, 7) is 2.67. The molecular formula is C23H27ClN4O2. The number of methoxy groups -OCH3 is 1. The molecule has 1 atom stereocenters. The number of rotatable bonds is 6. The van der Waals surface area contributed by atoms with Crippen LogP contribution in [0.2, 0.25) is 0 Å². The number of amides is 1. The highest BCUT2D eigenvalue weighted by Gasteiger charge is 2.22. The van der Waals surface area contributed by atoms with Gasteiger partial charge in [-0.1, -0.05) is 30.3 Å². The molecule has 0 radical (unpaired) electrons. The molecule has 1 aliphatic rings. The van der Waals surface area contributed by atoms with Gasteiger partial charge in [-0.2, -0.15) is 5.10 Å². The Balaban J connectivity index is 0.00000256. The Hall–Kier alpha value is -2.83. The zero-order valence-corrected chi connectivity index (χ0v) is 17.8. The van der Waals surface area contributed by atoms with E-state index in [2.05, 4.69) is 10.6 Å². The van der Waals surface area contributed by atoms with Crippen LogP contribution in [0.5, 0.6) is 5.75 Å². The van der Waals surface area contributed by atoms with Crippen LogP contribution >= 0.6 is 12.4 Å². The lowest BCUT2D eigenvalue weighted by Gasteiger charge is -2.22. The molecule has 0 bridgehead atoms. The molecule has 0 saturated carbocycles. The number of hydrogen-bond donors (Lipinski definition) is 2. The van der Waals surface area contributed by atoms with Crippen LogP contribution in [0.25, 0.3) is 16.9 Å². The summed E-state index contributed by atoms with van der Waals surface area (Å²) in [5, 5.41) is 11.2. The maximum Gasteiger partial charge on any atom is 0.255 e. The van der Waals surface area contributed by atoms with Crippen molar-refractivity contribution in [3.8, 4) is 22.7 Å². The van der Waals surface area contributed by atoms with Gasteiger partial charge in [0.05, 0.1) is 18.4 Å². The van der Waals surface area contributed by atoms with Gasteiger partial charge < -0.3 is 15.4 Å². The Bertz CT molecular complexity index is 968. The van der Waals surface area contributed by atoms with Crippen LogP contribution in [-0.2, 0) is 0 Å². The third kappa shape index (κ3) is 4.83. The van der Waals surface area contributed by atoms with E-state index >= 15 is 0 Å². The molecule has 2 heterocycles. The molecule has 2 N–H and O–H groups in total. The summed E-state index contributed by atoms with van der Waals surface area (Å²) in [5.74, 6) is 1.04. The van der Waals surface area contributed by atoms with Gasteiger partial charge in [0.2, 0.25) is 0 Å². The van der Waals surface area contributed by atoms with Crippen molar-refractivity contribution < 1.29 is 9.53 Å². The molecule has 0 aliphatic carbocycles. The van der Waals surface area contributed by atoms with Gasteiger partial charge in [0.1, 0.15) is 11.4 Å². The van der Waals surface area contributed by atoms with E-state index < -0.39 is 0 Å². The Morgan fingerprint density at radius 3 is 2.70 bits per heavy atom. The van der Waals surface area contributed by atoms with E-state index in [1.165, 1.54) is 0 Å². The van der Waals surface area contributed by atoms with E-state index in [9.17, 15) is 4.79 Å². The van der Waals surface area contributed by atoms with Crippen molar-refractivity contribution in [2.24, 2.45) is 5.92 Å². The van der Waals surface area contributed by atoms with E-state index in [0.717, 1.165) is 37.2 Å². The van der Waals surface area contributed by atoms with Gasteiger partial charge in [-0.15, -0.1) is 12.4 Å². The zero-order valence-electron chi connectivity index (χ0n) is 17.0. The molecule has 4 rings (SSSR count). The van der Waals surface area contributed by atoms with Crippen LogP contribution in [0.3, 0.4) is 0 Å². The number of ether oxygens (including phenoxy) is 1. The van der Waals surface area contributed by atoms with Crippen LogP contribution in [0, 0.1) is 5.92 Å². The second-order valence-corrected chi connectivity index (χ2v) is 7.29. The Kier molecular flexibility index (Phi) is 7.49. The van der Waals surface area contributed by atoms with E-state index in [-0.39, 0.29) is 18.3 Å². The van der Waals surface area contributed by atoms with Crippen LogP contribution < -0.4 is 15.4 Å². The van der Waals surface area contributed by atoms with Crippen LogP contribution in [0.15, 0.2) is 60.8 Å². The van der Waals surface area contributed by atoms with Crippen LogP contribution in [-0.4, -0.2) is 42.4 Å². The number of carbonyl (C=O) groups excluding carboxylic acids is 1. The summed E-state index contributed by atoms with van der Waals surface area (Å²) in [6, 6.07) is 17.4. The Labute approximate surface area is 183 Å². The van der Waals surface area contributed by atoms with Gasteiger partial charge >= 0.3 is 0 Å². The van der Waals surface area contributed by atoms with E-state index in [1.807, 2.05) is 54.6 Å². The lowest BCUT2D eigenvalue weighted by molar-refractivity contribution is 0.0945. The van der Waals surface area contributed by atoms with Gasteiger partial charge in [0.15, 0.2) is 0 Å². The number of carbonyl (C=O) groups is 1. The van der Waals surface area contributed by atoms with Crippen molar-refractivity contribution in [3.05, 3.63) is 66.4 Å². The number of benzene rings is 2. The van der Waals surface area contributed by atoms with Crippen molar-refractivity contribution >= 4 is 18.3 Å². The Morgan fingerprint density at radius 2 is 1.97 bits per heavy atom. The highest BCUT2D eigenvalue weighted by molar-refractivity contribution is 6.00. The summed E-state index contributed by atoms with van der Waals surface area (Å²) in [7, 11) is 1.63. The minimum Gasteiger partial charge on any atom is -0.496 e. The van der Waals surface area contributed by atoms with Crippen molar-refractivity contribution in [1.29, 1.82) is 0 Å². The summed E-state index contributed by atoms with van der Waals surface area (Å²) < 4.78 is 7.26. The summed E-state index contributed by atoms with van der Waals surface area (Å²) in [5.41, 5.74) is 2.86. The highest BCUT2D eigenvalue weighted by atomic mass is 35.5. The minimum atomic E-state index is -0.112. The molecular weight excluding hydrogens is 400 g/mol. The summed E-state index contributed by atoms with van der Waals surface area (Å²) in [4.78, 5) is 13.1. The third-order valence-electron chi connectivity index (χ3n) is 5.29. The molecule has 158 valence electrons. The molecule has 6 nitrogen and oxygen atoms in total. The SMILES string of the molecule is COc1ccccc1-c1nn(-c2ccccc2)cc1C(=O)NCC1CCCNC1.Cl. The fourth-order valence-corrected chi connectivity index (χ4v) is 3.72. The van der Waals surface area contributed by atoms with Crippen molar-refractivity contribution in [3.63, 3.8) is 0 Å². The first-order chi connectivity index (χ1) is 14.3. The fraction of sp³-hybridized carbons (Fsp3) is 0.304. The molecule has 1 aliphatic heterocycles. The first kappa shape index (κ1) is 21.9. The van der Waals surface area contributed by atoms with E-state index in [4.69, 9.17) is 9.84 Å². The number of piperidine rings is 1. The molecule has 30 heavy (non-hydrogen) atoms. The van der Waals surface area contributed by atoms with Gasteiger partial charge in [-0.25, -0.2) is 4.68 Å². The second kappa shape index (κ2) is 10.3. The average molecular weight is 427 g/mol. The van der Waals surface area contributed by atoms with Gasteiger partial charge in [0.25, 0.3) is 5.91 Å². The molecule has 1 aromatic heterocycles. The molecule has 3 aromatic rings. The monoisotopic (exact) mass is 426 g/mol. The average Bonchev–Trinajstić information content (AvgIpc) is 3.24. The first-order valence-corrected chi connectivity index (χ1v) is 10.0. The van der Waals surface area contributed by atoms with Crippen LogP contribution in [0.1, 0.15) is 23.2 Å². The van der Waals surface area contributed by atoms with Crippen molar-refractivity contribution in [1.82, 2.24) is 20.4 Å². The molecule has 1 fully saturated rings. The largest absolute Gasteiger partial charge is 0.496 e. The predicted octanol–water partition coefficient (Wildman–Crippen LogP) is 3.70. The number of nitrogens with one attached hydrogen (secondary N) is 2. The normalized spacial score (nSPS) is 15.8. The second-order valence-electron chi connectivity index (χ2n) is 7.29. The lowest BCUT2D eigenvalue weighted by atomic mass is 9.99. The smallest absolute Gasteiger partial charge is 0.255 e. The highest BCUT2D eigenvalue weighted by Crippen LogP contribution is 2.31. The minimum absolute atomic E-state index is 0. The van der Waals surface area contributed by atoms with Crippen molar-refractivity contribution in [2.45, 2.75) is 12.8 Å². The van der Waals surface area contributed by atoms with Crippen LogP contribution in [0.4, 0.5) is 0 Å². The standard InChI is InChI=1S/C23H26N4O2.ClH/c1-29-21-12-6-5-11-19(21)22-20(16-27(26-22)18-9-3-2-4-10-18)23(28)25-15-17-8-7-13-24-14-17;/h2-6,9-12,16-17,24H,7-8,13-15H2,1H3,(H,25,28);1H. The number of halogens is 1. The van der Waals surface area contributed by atoms with Crippen molar-refractivity contribution in [2.75, 3.05) is 26.7 Å². The molecule has 1 saturated heterocycles. The number of aromatic nitrogens is 2. The number of nitrogens with zero attached hydrogens (tertiary/aromatic N) is 2. The van der Waals surface area contributed by atoms with Gasteiger partial charge in [-0.05, 0) is 56.1 Å². The lowest BCUT2D eigenvalue weighted by Crippen LogP contribution is -2.38. The first-order valence-electron chi connectivity index (χ1n) is 10.0. The van der Waals surface area contributed by atoms with E-state index in [0.29, 0.717) is 29.5 Å². The quantitative estimate of drug-likeness (QED) is 0.630. The topological polar surface area (TPSA) is 68.2 Å². The molecule has 1 amide bonds. The van der Waals surface area contributed by atoms with E-state index in [1.54, 1.807) is 18.0 Å². The molecule has 7 heteroatoms. The molecule has 1 unspecified atom stereocenters. The third-order valence-corrected chi connectivity index (χ3v) is 5.29. The summed E-state index contributed by atoms with van der Waals surface area (Å²) >= 11 is 0. The van der Waals surface area contributed by atoms with Gasteiger partial charge in [0, 0.05) is 18.3 Å². The maximum atomic E-state index is 13.1. The Morgan fingerprint density at radius 1 is 1.20 bits per heavy atom. The maximum absolute atomic E-state index is 13.1. The number of para-hydroxylation sites is 2. The molecule has 2 aromatic carbocycles. The molecule has 0 spiro atoms. The fourth-order valence-electron chi connectivity index (χ4n) is 3.72.